The first kappa shape index (κ1) is 21.9. The number of methoxy groups -OCH3 is 1. The minimum atomic E-state index is 0.0182. The number of hydrogen-bond acceptors (Lipinski definition) is 4. The Morgan fingerprint density at radius 2 is 1.50 bits per heavy atom. The van der Waals surface area contributed by atoms with Crippen LogP contribution >= 0.6 is 0 Å². The van der Waals surface area contributed by atoms with Crippen molar-refractivity contribution in [2.45, 2.75) is 12.8 Å². The Morgan fingerprint density at radius 1 is 0.844 bits per heavy atom. The van der Waals surface area contributed by atoms with Crippen molar-refractivity contribution in [2.24, 2.45) is 5.92 Å². The van der Waals surface area contributed by atoms with Crippen molar-refractivity contribution in [3.63, 3.8) is 0 Å². The van der Waals surface area contributed by atoms with Crippen LogP contribution in [0.25, 0.3) is 6.08 Å². The van der Waals surface area contributed by atoms with E-state index in [0.717, 1.165) is 56.0 Å². The van der Waals surface area contributed by atoms with E-state index in [2.05, 4.69) is 17.0 Å². The molecule has 0 N–H and O–H groups in total. The summed E-state index contributed by atoms with van der Waals surface area (Å²) >= 11 is 0. The second kappa shape index (κ2) is 10.4. The summed E-state index contributed by atoms with van der Waals surface area (Å²) in [5.74, 6) is 1.13. The lowest BCUT2D eigenvalue weighted by molar-refractivity contribution is -0.139. The lowest BCUT2D eigenvalue weighted by Crippen LogP contribution is -2.52. The van der Waals surface area contributed by atoms with Gasteiger partial charge in [0.1, 0.15) is 5.75 Å². The van der Waals surface area contributed by atoms with Crippen LogP contribution in [-0.2, 0) is 9.59 Å². The molecule has 2 aromatic rings. The molecule has 6 nitrogen and oxygen atoms in total. The third kappa shape index (κ3) is 5.31. The molecule has 0 radical (unpaired) electrons. The maximum atomic E-state index is 13.0. The normalized spacial score (nSPS) is 17.6. The average Bonchev–Trinajstić information content (AvgIpc) is 2.88. The van der Waals surface area contributed by atoms with Crippen LogP contribution in [0.4, 0.5) is 5.69 Å². The summed E-state index contributed by atoms with van der Waals surface area (Å²) in [5, 5.41) is 0. The Balaban J connectivity index is 1.23. The summed E-state index contributed by atoms with van der Waals surface area (Å²) in [7, 11) is 1.67. The van der Waals surface area contributed by atoms with Crippen LogP contribution in [0, 0.1) is 5.92 Å². The largest absolute Gasteiger partial charge is 0.497 e. The van der Waals surface area contributed by atoms with Gasteiger partial charge in [-0.25, -0.2) is 0 Å². The van der Waals surface area contributed by atoms with Gasteiger partial charge in [-0.1, -0.05) is 30.3 Å². The molecule has 6 heteroatoms. The number of rotatable bonds is 5. The Labute approximate surface area is 190 Å². The van der Waals surface area contributed by atoms with E-state index in [1.54, 1.807) is 13.2 Å². The molecule has 2 aliphatic rings. The molecule has 0 unspecified atom stereocenters. The number of benzene rings is 2. The van der Waals surface area contributed by atoms with Crippen LogP contribution < -0.4 is 9.64 Å². The summed E-state index contributed by atoms with van der Waals surface area (Å²) in [6, 6.07) is 17.9. The van der Waals surface area contributed by atoms with E-state index < -0.39 is 0 Å². The van der Waals surface area contributed by atoms with E-state index in [1.165, 1.54) is 0 Å². The fourth-order valence-corrected chi connectivity index (χ4v) is 4.42. The van der Waals surface area contributed by atoms with Crippen LogP contribution in [0.15, 0.2) is 60.7 Å². The Morgan fingerprint density at radius 3 is 2.12 bits per heavy atom. The minimum Gasteiger partial charge on any atom is -0.497 e. The molecule has 0 bridgehead atoms. The van der Waals surface area contributed by atoms with Gasteiger partial charge >= 0.3 is 0 Å². The third-order valence-corrected chi connectivity index (χ3v) is 6.40. The van der Waals surface area contributed by atoms with E-state index in [1.807, 2.05) is 58.3 Å². The Kier molecular flexibility index (Phi) is 7.10. The number of likely N-dealkylation sites (tertiary alicyclic amines) is 1. The van der Waals surface area contributed by atoms with Gasteiger partial charge in [0.2, 0.25) is 11.8 Å². The first-order chi connectivity index (χ1) is 15.6. The number of anilines is 1. The van der Waals surface area contributed by atoms with Crippen molar-refractivity contribution in [1.29, 1.82) is 0 Å². The van der Waals surface area contributed by atoms with E-state index in [4.69, 9.17) is 4.74 Å². The van der Waals surface area contributed by atoms with Crippen molar-refractivity contribution < 1.29 is 14.3 Å². The third-order valence-electron chi connectivity index (χ3n) is 6.40. The zero-order chi connectivity index (χ0) is 22.3. The predicted molar refractivity (Wildman–Crippen MR) is 127 cm³/mol. The van der Waals surface area contributed by atoms with Crippen LogP contribution in [0.1, 0.15) is 18.4 Å². The average molecular weight is 434 g/mol. The maximum absolute atomic E-state index is 13.0. The van der Waals surface area contributed by atoms with Crippen molar-refractivity contribution in [2.75, 3.05) is 51.3 Å². The Hall–Kier alpha value is -3.28. The van der Waals surface area contributed by atoms with Gasteiger partial charge in [0.05, 0.1) is 7.11 Å². The van der Waals surface area contributed by atoms with Crippen molar-refractivity contribution in [3.05, 3.63) is 66.2 Å². The molecule has 2 fully saturated rings. The van der Waals surface area contributed by atoms with Crippen LogP contribution in [-0.4, -0.2) is 68.0 Å². The van der Waals surface area contributed by atoms with Crippen molar-refractivity contribution in [3.8, 4) is 5.75 Å². The lowest BCUT2D eigenvalue weighted by atomic mass is 9.95. The summed E-state index contributed by atoms with van der Waals surface area (Å²) in [5.41, 5.74) is 2.17. The number of carbonyl (C=O) groups is 2. The van der Waals surface area contributed by atoms with E-state index in [0.29, 0.717) is 13.1 Å². The minimum absolute atomic E-state index is 0.0182. The highest BCUT2D eigenvalue weighted by molar-refractivity contribution is 5.92. The molecule has 2 amide bonds. The number of piperazine rings is 1. The highest BCUT2D eigenvalue weighted by Crippen LogP contribution is 2.24. The molecule has 168 valence electrons. The molecule has 32 heavy (non-hydrogen) atoms. The summed E-state index contributed by atoms with van der Waals surface area (Å²) < 4.78 is 5.23. The van der Waals surface area contributed by atoms with E-state index in [9.17, 15) is 9.59 Å². The molecule has 2 aliphatic heterocycles. The molecule has 0 spiro atoms. The number of ether oxygens (including phenoxy) is 1. The van der Waals surface area contributed by atoms with Gasteiger partial charge in [0.25, 0.3) is 0 Å². The van der Waals surface area contributed by atoms with Crippen LogP contribution in [0.2, 0.25) is 0 Å². The molecular weight excluding hydrogens is 402 g/mol. The quantitative estimate of drug-likeness (QED) is 0.679. The molecular formula is C26H31N3O3. The number of nitrogens with zero attached hydrogens (tertiary/aromatic N) is 3. The first-order valence-electron chi connectivity index (χ1n) is 11.3. The fraction of sp³-hybridized carbons (Fsp3) is 0.385. The number of amides is 2. The van der Waals surface area contributed by atoms with Crippen molar-refractivity contribution in [1.82, 2.24) is 9.80 Å². The predicted octanol–water partition coefficient (Wildman–Crippen LogP) is 3.30. The van der Waals surface area contributed by atoms with Gasteiger partial charge in [0, 0.05) is 56.9 Å². The first-order valence-corrected chi connectivity index (χ1v) is 11.3. The number of hydrogen-bond donors (Lipinski definition) is 0. The number of carbonyl (C=O) groups excluding carboxylic acids is 2. The van der Waals surface area contributed by atoms with Gasteiger partial charge in [-0.2, -0.15) is 0 Å². The van der Waals surface area contributed by atoms with Gasteiger partial charge < -0.3 is 19.4 Å². The zero-order valence-corrected chi connectivity index (χ0v) is 18.7. The monoisotopic (exact) mass is 433 g/mol. The Bertz CT molecular complexity index is 927. The summed E-state index contributed by atoms with van der Waals surface area (Å²) in [6.07, 6.45) is 4.96. The molecule has 0 aromatic heterocycles. The molecule has 2 saturated heterocycles. The van der Waals surface area contributed by atoms with Crippen LogP contribution in [0.3, 0.4) is 0 Å². The van der Waals surface area contributed by atoms with E-state index in [-0.39, 0.29) is 17.7 Å². The van der Waals surface area contributed by atoms with Crippen molar-refractivity contribution >= 4 is 23.6 Å². The molecule has 0 atom stereocenters. The topological polar surface area (TPSA) is 53.1 Å². The maximum Gasteiger partial charge on any atom is 0.246 e. The van der Waals surface area contributed by atoms with Gasteiger partial charge in [-0.05, 0) is 48.7 Å². The van der Waals surface area contributed by atoms with E-state index >= 15 is 0 Å². The highest BCUT2D eigenvalue weighted by Gasteiger charge is 2.31. The highest BCUT2D eigenvalue weighted by atomic mass is 16.5. The summed E-state index contributed by atoms with van der Waals surface area (Å²) in [4.78, 5) is 31.7. The van der Waals surface area contributed by atoms with Gasteiger partial charge in [-0.3, -0.25) is 9.59 Å². The van der Waals surface area contributed by atoms with Gasteiger partial charge in [-0.15, -0.1) is 0 Å². The number of piperidine rings is 1. The molecule has 0 aliphatic carbocycles. The molecule has 0 saturated carbocycles. The molecule has 2 heterocycles. The zero-order valence-electron chi connectivity index (χ0n) is 18.7. The van der Waals surface area contributed by atoms with Crippen LogP contribution in [0.5, 0.6) is 5.75 Å². The SMILES string of the molecule is COc1ccc(N2CCN(C(=O)C3CCN(C(=O)C=Cc4ccccc4)CC3)CC2)cc1. The molecule has 4 rings (SSSR count). The second-order valence-corrected chi connectivity index (χ2v) is 8.35. The lowest BCUT2D eigenvalue weighted by Gasteiger charge is -2.39. The fourth-order valence-electron chi connectivity index (χ4n) is 4.42. The smallest absolute Gasteiger partial charge is 0.246 e. The van der Waals surface area contributed by atoms with Gasteiger partial charge in [0.15, 0.2) is 0 Å². The molecule has 2 aromatic carbocycles. The standard InChI is InChI=1S/C26H31N3O3/c1-32-24-10-8-23(9-11-24)27-17-19-29(20-18-27)26(31)22-13-15-28(16-14-22)25(30)12-7-21-5-3-2-4-6-21/h2-12,22H,13-20H2,1H3. The summed E-state index contributed by atoms with van der Waals surface area (Å²) in [6.45, 7) is 4.42. The second-order valence-electron chi connectivity index (χ2n) is 8.35.